The average molecular weight is 398 g/mol. The zero-order chi connectivity index (χ0) is 20.3. The van der Waals surface area contributed by atoms with Crippen LogP contribution in [0, 0.1) is 0 Å². The third-order valence-corrected chi connectivity index (χ3v) is 4.94. The summed E-state index contributed by atoms with van der Waals surface area (Å²) >= 11 is 0. The van der Waals surface area contributed by atoms with Crippen molar-refractivity contribution >= 4 is 23.5 Å². The van der Waals surface area contributed by atoms with Crippen molar-refractivity contribution in [2.45, 2.75) is 25.1 Å². The summed E-state index contributed by atoms with van der Waals surface area (Å²) in [4.78, 5) is 40.1. The molecule has 0 bridgehead atoms. The molecule has 0 radical (unpaired) electrons. The van der Waals surface area contributed by atoms with Gasteiger partial charge in [-0.05, 0) is 25.0 Å². The molecule has 1 aromatic carbocycles. The van der Waals surface area contributed by atoms with E-state index in [4.69, 9.17) is 0 Å². The number of halogens is 3. The van der Waals surface area contributed by atoms with Gasteiger partial charge < -0.3 is 20.0 Å². The summed E-state index contributed by atoms with van der Waals surface area (Å²) in [5.41, 5.74) is 0.651. The van der Waals surface area contributed by atoms with Gasteiger partial charge in [-0.1, -0.05) is 18.2 Å². The zero-order valence-electron chi connectivity index (χ0n) is 15.1. The van der Waals surface area contributed by atoms with Crippen molar-refractivity contribution in [1.82, 2.24) is 14.7 Å². The zero-order valence-corrected chi connectivity index (χ0v) is 15.1. The highest BCUT2D eigenvalue weighted by molar-refractivity contribution is 5.91. The molecule has 10 heteroatoms. The van der Waals surface area contributed by atoms with Gasteiger partial charge in [-0.15, -0.1) is 0 Å². The van der Waals surface area contributed by atoms with E-state index in [1.54, 1.807) is 29.2 Å². The lowest BCUT2D eigenvalue weighted by atomic mass is 10.1. The summed E-state index contributed by atoms with van der Waals surface area (Å²) < 4.78 is 38.2. The van der Waals surface area contributed by atoms with E-state index in [-0.39, 0.29) is 45.2 Å². The Morgan fingerprint density at radius 3 is 2.14 bits per heavy atom. The number of para-hydroxylation sites is 1. The summed E-state index contributed by atoms with van der Waals surface area (Å²) in [7, 11) is 0. The lowest BCUT2D eigenvalue weighted by Crippen LogP contribution is -2.57. The van der Waals surface area contributed by atoms with Gasteiger partial charge in [-0.3, -0.25) is 9.59 Å². The van der Waals surface area contributed by atoms with Gasteiger partial charge in [-0.25, -0.2) is 4.79 Å². The monoisotopic (exact) mass is 398 g/mol. The molecule has 28 heavy (non-hydrogen) atoms. The van der Waals surface area contributed by atoms with Crippen LogP contribution in [-0.2, 0) is 9.59 Å². The maximum absolute atomic E-state index is 12.7. The van der Waals surface area contributed by atoms with Gasteiger partial charge in [0.15, 0.2) is 0 Å². The van der Waals surface area contributed by atoms with Crippen LogP contribution in [0.15, 0.2) is 30.3 Å². The molecule has 2 heterocycles. The minimum Gasteiger partial charge on any atom is -0.337 e. The molecule has 0 aromatic heterocycles. The number of nitrogens with zero attached hydrogens (tertiary/aromatic N) is 3. The van der Waals surface area contributed by atoms with Crippen molar-refractivity contribution in [3.8, 4) is 0 Å². The minimum absolute atomic E-state index is 0.0752. The molecule has 3 rings (SSSR count). The first-order valence-corrected chi connectivity index (χ1v) is 9.05. The van der Waals surface area contributed by atoms with Crippen LogP contribution in [-0.4, -0.2) is 77.5 Å². The second-order valence-electron chi connectivity index (χ2n) is 6.76. The summed E-state index contributed by atoms with van der Waals surface area (Å²) in [6, 6.07) is 7.54. The van der Waals surface area contributed by atoms with Crippen LogP contribution in [0.1, 0.15) is 12.8 Å². The van der Waals surface area contributed by atoms with Crippen molar-refractivity contribution in [2.24, 2.45) is 0 Å². The molecule has 1 unspecified atom stereocenters. The third-order valence-electron chi connectivity index (χ3n) is 4.94. The number of rotatable bonds is 2. The van der Waals surface area contributed by atoms with Gasteiger partial charge in [0.25, 0.3) is 0 Å². The number of likely N-dealkylation sites (tertiary alicyclic amines) is 1. The Labute approximate surface area is 160 Å². The Kier molecular flexibility index (Phi) is 5.76. The Balaban J connectivity index is 1.55. The van der Waals surface area contributed by atoms with E-state index in [2.05, 4.69) is 5.32 Å². The van der Waals surface area contributed by atoms with E-state index in [1.807, 2.05) is 6.07 Å². The van der Waals surface area contributed by atoms with Crippen LogP contribution < -0.4 is 5.32 Å². The van der Waals surface area contributed by atoms with Crippen molar-refractivity contribution in [3.63, 3.8) is 0 Å². The lowest BCUT2D eigenvalue weighted by molar-refractivity contribution is -0.187. The van der Waals surface area contributed by atoms with Crippen molar-refractivity contribution in [2.75, 3.05) is 38.0 Å². The smallest absolute Gasteiger partial charge is 0.337 e. The number of hydrogen-bond donors (Lipinski definition) is 1. The fourth-order valence-electron chi connectivity index (χ4n) is 3.49. The van der Waals surface area contributed by atoms with Gasteiger partial charge in [0.05, 0.1) is 0 Å². The third kappa shape index (κ3) is 4.37. The standard InChI is InChI=1S/C18H21F3N4O3/c19-18(20,21)16(27)25-8-4-7-14(25)15(26)23-9-11-24(12-10-23)17(28)22-13-5-2-1-3-6-13/h1-3,5-6,14H,4,7-12H2,(H,22,28). The summed E-state index contributed by atoms with van der Waals surface area (Å²) in [6.45, 7) is 0.889. The molecular formula is C18H21F3N4O3. The molecule has 2 fully saturated rings. The average Bonchev–Trinajstić information content (AvgIpc) is 3.16. The van der Waals surface area contributed by atoms with Crippen LogP contribution in [0.3, 0.4) is 0 Å². The summed E-state index contributed by atoms with van der Waals surface area (Å²) in [5.74, 6) is -2.46. The van der Waals surface area contributed by atoms with E-state index >= 15 is 0 Å². The number of piperazine rings is 1. The van der Waals surface area contributed by atoms with E-state index in [0.717, 1.165) is 0 Å². The van der Waals surface area contributed by atoms with Gasteiger partial charge >= 0.3 is 18.1 Å². The first kappa shape index (κ1) is 20.0. The maximum atomic E-state index is 12.7. The van der Waals surface area contributed by atoms with E-state index in [1.165, 1.54) is 4.90 Å². The number of benzene rings is 1. The number of anilines is 1. The Morgan fingerprint density at radius 2 is 1.54 bits per heavy atom. The maximum Gasteiger partial charge on any atom is 0.471 e. The molecular weight excluding hydrogens is 377 g/mol. The predicted molar refractivity (Wildman–Crippen MR) is 94.4 cm³/mol. The fourth-order valence-corrected chi connectivity index (χ4v) is 3.49. The van der Waals surface area contributed by atoms with Crippen LogP contribution in [0.5, 0.6) is 0 Å². The van der Waals surface area contributed by atoms with Crippen molar-refractivity contribution in [1.29, 1.82) is 0 Å². The van der Waals surface area contributed by atoms with Gasteiger partial charge in [0.2, 0.25) is 5.91 Å². The molecule has 2 aliphatic heterocycles. The topological polar surface area (TPSA) is 73.0 Å². The number of urea groups is 1. The Bertz CT molecular complexity index is 733. The van der Waals surface area contributed by atoms with E-state index in [0.29, 0.717) is 17.0 Å². The molecule has 1 atom stereocenters. The van der Waals surface area contributed by atoms with Crippen LogP contribution in [0.2, 0.25) is 0 Å². The normalized spacial score (nSPS) is 20.2. The summed E-state index contributed by atoms with van der Waals surface area (Å²) in [6.07, 6.45) is -4.41. The highest BCUT2D eigenvalue weighted by Crippen LogP contribution is 2.27. The second kappa shape index (κ2) is 8.07. The molecule has 152 valence electrons. The van der Waals surface area contributed by atoms with E-state index < -0.39 is 24.0 Å². The number of nitrogens with one attached hydrogen (secondary N) is 1. The fraction of sp³-hybridized carbons (Fsp3) is 0.500. The number of hydrogen-bond acceptors (Lipinski definition) is 3. The first-order chi connectivity index (χ1) is 13.3. The highest BCUT2D eigenvalue weighted by atomic mass is 19.4. The number of amides is 4. The minimum atomic E-state index is -4.99. The predicted octanol–water partition coefficient (Wildman–Crippen LogP) is 1.92. The number of carbonyl (C=O) groups excluding carboxylic acids is 3. The quantitative estimate of drug-likeness (QED) is 0.827. The molecule has 1 N–H and O–H groups in total. The molecule has 0 spiro atoms. The molecule has 1 aromatic rings. The molecule has 2 saturated heterocycles. The largest absolute Gasteiger partial charge is 0.471 e. The number of alkyl halides is 3. The summed E-state index contributed by atoms with van der Waals surface area (Å²) in [5, 5.41) is 2.76. The highest BCUT2D eigenvalue weighted by Gasteiger charge is 2.48. The van der Waals surface area contributed by atoms with Gasteiger partial charge in [0.1, 0.15) is 6.04 Å². The number of carbonyl (C=O) groups is 3. The van der Waals surface area contributed by atoms with Crippen molar-refractivity contribution in [3.05, 3.63) is 30.3 Å². The lowest BCUT2D eigenvalue weighted by Gasteiger charge is -2.37. The van der Waals surface area contributed by atoms with Crippen molar-refractivity contribution < 1.29 is 27.6 Å². The molecule has 7 nitrogen and oxygen atoms in total. The second-order valence-corrected chi connectivity index (χ2v) is 6.76. The van der Waals surface area contributed by atoms with Crippen LogP contribution in [0.4, 0.5) is 23.7 Å². The molecule has 2 aliphatic rings. The Morgan fingerprint density at radius 1 is 0.929 bits per heavy atom. The van der Waals surface area contributed by atoms with Gasteiger partial charge in [-0.2, -0.15) is 13.2 Å². The van der Waals surface area contributed by atoms with Crippen LogP contribution >= 0.6 is 0 Å². The molecule has 4 amide bonds. The first-order valence-electron chi connectivity index (χ1n) is 9.05. The van der Waals surface area contributed by atoms with Gasteiger partial charge in [0, 0.05) is 38.4 Å². The van der Waals surface area contributed by atoms with Crippen LogP contribution in [0.25, 0.3) is 0 Å². The van der Waals surface area contributed by atoms with E-state index in [9.17, 15) is 27.6 Å². The SMILES string of the molecule is O=C(Nc1ccccc1)N1CCN(C(=O)C2CCCN2C(=O)C(F)(F)F)CC1. The Hall–Kier alpha value is -2.78. The molecule has 0 saturated carbocycles. The molecule has 0 aliphatic carbocycles.